The van der Waals surface area contributed by atoms with Gasteiger partial charge in [-0.1, -0.05) is 27.7 Å². The highest BCUT2D eigenvalue weighted by Gasteiger charge is 2.66. The van der Waals surface area contributed by atoms with Crippen LogP contribution in [0.2, 0.25) is 0 Å². The van der Waals surface area contributed by atoms with Gasteiger partial charge in [0.25, 0.3) is 0 Å². The number of nitrogens with zero attached hydrogens (tertiary/aromatic N) is 2. The van der Waals surface area contributed by atoms with Crippen LogP contribution in [-0.4, -0.2) is 9.55 Å². The first kappa shape index (κ1) is 12.4. The molecule has 1 fully saturated rings. The predicted octanol–water partition coefficient (Wildman–Crippen LogP) is 3.50. The summed E-state index contributed by atoms with van der Waals surface area (Å²) in [6, 6.07) is 2.22. The number of nitrogen functional groups attached to an aromatic ring is 1. The van der Waals surface area contributed by atoms with Crippen LogP contribution in [0.25, 0.3) is 11.0 Å². The Morgan fingerprint density at radius 1 is 1.16 bits per heavy atom. The second-order valence-corrected chi connectivity index (χ2v) is 6.44. The van der Waals surface area contributed by atoms with E-state index in [9.17, 15) is 8.78 Å². The maximum absolute atomic E-state index is 13.7. The molecule has 1 aliphatic rings. The van der Waals surface area contributed by atoms with Gasteiger partial charge < -0.3 is 10.3 Å². The van der Waals surface area contributed by atoms with Gasteiger partial charge in [-0.15, -0.1) is 0 Å². The molecule has 0 spiro atoms. The number of imidazole rings is 1. The Morgan fingerprint density at radius 3 is 2.26 bits per heavy atom. The first-order valence-corrected chi connectivity index (χ1v) is 6.30. The number of hydrogen-bond acceptors (Lipinski definition) is 2. The van der Waals surface area contributed by atoms with Crippen LogP contribution in [0.3, 0.4) is 0 Å². The SMILES string of the molecule is CC1(C)C(n2c(N)nc3c(F)cc(F)cc32)C1(C)C. The smallest absolute Gasteiger partial charge is 0.201 e. The van der Waals surface area contributed by atoms with Crippen LogP contribution in [0.4, 0.5) is 14.7 Å². The zero-order valence-electron chi connectivity index (χ0n) is 11.5. The number of rotatable bonds is 1. The zero-order valence-corrected chi connectivity index (χ0v) is 11.5. The third-order valence-corrected chi connectivity index (χ3v) is 4.94. The Hall–Kier alpha value is -1.65. The van der Waals surface area contributed by atoms with E-state index in [-0.39, 0.29) is 28.3 Å². The molecule has 1 aromatic carbocycles. The number of anilines is 1. The van der Waals surface area contributed by atoms with Gasteiger partial charge in [0, 0.05) is 18.2 Å². The monoisotopic (exact) mass is 265 g/mol. The van der Waals surface area contributed by atoms with Gasteiger partial charge in [0.2, 0.25) is 5.95 Å². The van der Waals surface area contributed by atoms with Crippen molar-refractivity contribution in [1.82, 2.24) is 9.55 Å². The zero-order chi connectivity index (χ0) is 14.2. The molecule has 0 amide bonds. The van der Waals surface area contributed by atoms with Crippen molar-refractivity contribution in [2.24, 2.45) is 10.8 Å². The van der Waals surface area contributed by atoms with Crippen molar-refractivity contribution in [1.29, 1.82) is 0 Å². The molecule has 3 nitrogen and oxygen atoms in total. The Balaban J connectivity index is 2.29. The molecule has 0 saturated heterocycles. The molecular weight excluding hydrogens is 248 g/mol. The molecule has 5 heteroatoms. The quantitative estimate of drug-likeness (QED) is 0.857. The highest BCUT2D eigenvalue weighted by molar-refractivity contribution is 5.79. The van der Waals surface area contributed by atoms with Gasteiger partial charge in [0.15, 0.2) is 5.82 Å². The van der Waals surface area contributed by atoms with Crippen molar-refractivity contribution in [2.75, 3.05) is 5.73 Å². The number of hydrogen-bond donors (Lipinski definition) is 1. The van der Waals surface area contributed by atoms with Gasteiger partial charge >= 0.3 is 0 Å². The fourth-order valence-electron chi connectivity index (χ4n) is 3.22. The summed E-state index contributed by atoms with van der Waals surface area (Å²) in [4.78, 5) is 4.05. The summed E-state index contributed by atoms with van der Waals surface area (Å²) in [6.07, 6.45) is 0. The molecule has 1 saturated carbocycles. The Bertz CT molecular complexity index is 672. The Morgan fingerprint density at radius 2 is 1.74 bits per heavy atom. The fraction of sp³-hybridized carbons (Fsp3) is 0.500. The first-order valence-electron chi connectivity index (χ1n) is 6.30. The molecule has 102 valence electrons. The van der Waals surface area contributed by atoms with E-state index < -0.39 is 11.6 Å². The molecule has 2 N–H and O–H groups in total. The minimum absolute atomic E-state index is 0.0115. The van der Waals surface area contributed by atoms with Crippen molar-refractivity contribution in [3.63, 3.8) is 0 Å². The summed E-state index contributed by atoms with van der Waals surface area (Å²) in [5, 5.41) is 0. The molecule has 0 unspecified atom stereocenters. The van der Waals surface area contributed by atoms with Crippen LogP contribution in [0, 0.1) is 22.5 Å². The van der Waals surface area contributed by atoms with Crippen molar-refractivity contribution >= 4 is 17.0 Å². The molecule has 0 aliphatic heterocycles. The Kier molecular flexibility index (Phi) is 2.13. The molecule has 0 atom stereocenters. The number of fused-ring (bicyclic) bond motifs is 1. The third-order valence-electron chi connectivity index (χ3n) is 4.94. The number of benzene rings is 1. The molecular formula is C14H17F2N3. The maximum Gasteiger partial charge on any atom is 0.201 e. The highest BCUT2D eigenvalue weighted by Crippen LogP contribution is 2.72. The normalized spacial score (nSPS) is 20.9. The van der Waals surface area contributed by atoms with Crippen molar-refractivity contribution < 1.29 is 8.78 Å². The standard InChI is InChI=1S/C14H17F2N3/c1-13(2)11(14(13,3)4)19-9-6-7(15)5-8(16)10(9)18-12(19)17/h5-6,11H,1-4H3,(H2,17,18). The van der Waals surface area contributed by atoms with E-state index in [4.69, 9.17) is 5.73 Å². The average molecular weight is 265 g/mol. The van der Waals surface area contributed by atoms with E-state index in [2.05, 4.69) is 32.7 Å². The van der Waals surface area contributed by atoms with Crippen LogP contribution < -0.4 is 5.73 Å². The summed E-state index contributed by atoms with van der Waals surface area (Å²) in [6.45, 7) is 8.49. The first-order chi connectivity index (χ1) is 8.68. The van der Waals surface area contributed by atoms with Crippen molar-refractivity contribution in [3.8, 4) is 0 Å². The summed E-state index contributed by atoms with van der Waals surface area (Å²) >= 11 is 0. The lowest BCUT2D eigenvalue weighted by Crippen LogP contribution is -2.05. The molecule has 0 bridgehead atoms. The molecule has 19 heavy (non-hydrogen) atoms. The van der Waals surface area contributed by atoms with Gasteiger partial charge in [0.05, 0.1) is 5.52 Å². The summed E-state index contributed by atoms with van der Waals surface area (Å²) in [5.41, 5.74) is 6.51. The highest BCUT2D eigenvalue weighted by atomic mass is 19.1. The van der Waals surface area contributed by atoms with Crippen LogP contribution in [-0.2, 0) is 0 Å². The molecule has 1 aliphatic carbocycles. The van der Waals surface area contributed by atoms with E-state index in [0.29, 0.717) is 5.52 Å². The number of halogens is 2. The van der Waals surface area contributed by atoms with Gasteiger partial charge in [-0.25, -0.2) is 13.8 Å². The summed E-state index contributed by atoms with van der Waals surface area (Å²) in [7, 11) is 0. The topological polar surface area (TPSA) is 43.8 Å². The molecule has 1 aromatic heterocycles. The average Bonchev–Trinajstić information content (AvgIpc) is 2.52. The minimum Gasteiger partial charge on any atom is -0.369 e. The largest absolute Gasteiger partial charge is 0.369 e. The van der Waals surface area contributed by atoms with Gasteiger partial charge in [0.1, 0.15) is 11.3 Å². The van der Waals surface area contributed by atoms with Crippen LogP contribution in [0.1, 0.15) is 33.7 Å². The Labute approximate surface area is 110 Å². The second kappa shape index (κ2) is 3.26. The van der Waals surface area contributed by atoms with Crippen LogP contribution in [0.15, 0.2) is 12.1 Å². The lowest BCUT2D eigenvalue weighted by Gasteiger charge is -2.08. The summed E-state index contributed by atoms with van der Waals surface area (Å²) in [5.74, 6) is -1.04. The van der Waals surface area contributed by atoms with Crippen molar-refractivity contribution in [3.05, 3.63) is 23.8 Å². The fourth-order valence-corrected chi connectivity index (χ4v) is 3.22. The van der Waals surface area contributed by atoms with Crippen LogP contribution >= 0.6 is 0 Å². The van der Waals surface area contributed by atoms with Gasteiger partial charge in [-0.3, -0.25) is 0 Å². The van der Waals surface area contributed by atoms with Gasteiger partial charge in [-0.2, -0.15) is 0 Å². The lowest BCUT2D eigenvalue weighted by molar-refractivity contribution is 0.457. The molecule has 2 aromatic rings. The predicted molar refractivity (Wildman–Crippen MR) is 70.7 cm³/mol. The van der Waals surface area contributed by atoms with E-state index in [1.54, 1.807) is 4.57 Å². The summed E-state index contributed by atoms with van der Waals surface area (Å²) < 4.78 is 28.9. The molecule has 0 radical (unpaired) electrons. The molecule has 3 rings (SSSR count). The van der Waals surface area contributed by atoms with E-state index in [0.717, 1.165) is 6.07 Å². The third kappa shape index (κ3) is 1.38. The van der Waals surface area contributed by atoms with E-state index >= 15 is 0 Å². The van der Waals surface area contributed by atoms with E-state index in [1.165, 1.54) is 6.07 Å². The number of aromatic nitrogens is 2. The van der Waals surface area contributed by atoms with Crippen molar-refractivity contribution in [2.45, 2.75) is 33.7 Å². The van der Waals surface area contributed by atoms with E-state index in [1.807, 2.05) is 0 Å². The molecule has 1 heterocycles. The van der Waals surface area contributed by atoms with Gasteiger partial charge in [-0.05, 0) is 10.8 Å². The second-order valence-electron chi connectivity index (χ2n) is 6.44. The maximum atomic E-state index is 13.7. The number of nitrogens with two attached hydrogens (primary N) is 1. The minimum atomic E-state index is -0.670. The lowest BCUT2D eigenvalue weighted by atomic mass is 10.0. The van der Waals surface area contributed by atoms with Crippen LogP contribution in [0.5, 0.6) is 0 Å².